The normalized spacial score (nSPS) is 12.0. The van der Waals surface area contributed by atoms with Gasteiger partial charge in [-0.15, -0.1) is 0 Å². The molecule has 5 heteroatoms. The largest absolute Gasteiger partial charge is 0.417 e. The van der Waals surface area contributed by atoms with Gasteiger partial charge in [-0.05, 0) is 41.8 Å². The predicted molar refractivity (Wildman–Crippen MR) is 133 cm³/mol. The van der Waals surface area contributed by atoms with Crippen molar-refractivity contribution in [1.29, 1.82) is 0 Å². The highest BCUT2D eigenvalue weighted by Crippen LogP contribution is 2.35. The Hall–Kier alpha value is -2.82. The molecule has 33 heavy (non-hydrogen) atoms. The maximum atomic E-state index is 13.8. The Morgan fingerprint density at radius 1 is 0.818 bits per heavy atom. The van der Waals surface area contributed by atoms with Crippen LogP contribution >= 0.6 is 0 Å². The van der Waals surface area contributed by atoms with E-state index in [0.717, 1.165) is 29.3 Å². The lowest BCUT2D eigenvalue weighted by Crippen LogP contribution is -2.09. The Balaban J connectivity index is 1.62. The number of para-hydroxylation sites is 1. The summed E-state index contributed by atoms with van der Waals surface area (Å²) in [5.41, 5.74) is 1.69. The summed E-state index contributed by atoms with van der Waals surface area (Å²) in [6, 6.07) is 13.9. The first-order chi connectivity index (χ1) is 16.0. The molecule has 0 aliphatic heterocycles. The fourth-order valence-electron chi connectivity index (χ4n) is 3.99. The number of alkyl halides is 3. The molecule has 0 bridgehead atoms. The number of fused-ring (bicyclic) bond motifs is 1. The molecule has 3 rings (SSSR count). The van der Waals surface area contributed by atoms with Crippen molar-refractivity contribution >= 4 is 28.7 Å². The van der Waals surface area contributed by atoms with E-state index in [1.165, 1.54) is 50.7 Å². The molecular weight excluding hydrogens is 421 g/mol. The first-order valence-corrected chi connectivity index (χ1v) is 12.0. The van der Waals surface area contributed by atoms with Crippen LogP contribution in [0.2, 0.25) is 0 Å². The van der Waals surface area contributed by atoms with Crippen LogP contribution < -0.4 is 5.32 Å². The molecule has 0 aliphatic rings. The number of benzene rings is 2. The van der Waals surface area contributed by atoms with Crippen LogP contribution in [-0.4, -0.2) is 11.5 Å². The number of nitrogens with one attached hydrogen (secondary N) is 1. The van der Waals surface area contributed by atoms with Crippen LogP contribution in [0.15, 0.2) is 54.7 Å². The summed E-state index contributed by atoms with van der Waals surface area (Å²) < 4.78 is 41.3. The molecule has 1 heterocycles. The average Bonchev–Trinajstić information content (AvgIpc) is 2.81. The van der Waals surface area contributed by atoms with Crippen LogP contribution in [0.1, 0.15) is 75.0 Å². The summed E-state index contributed by atoms with van der Waals surface area (Å²) >= 11 is 0. The molecule has 0 saturated heterocycles. The van der Waals surface area contributed by atoms with Crippen molar-refractivity contribution < 1.29 is 13.2 Å². The van der Waals surface area contributed by atoms with Crippen LogP contribution in [0.25, 0.3) is 23.1 Å². The molecular formula is C28H33F3N2. The third-order valence-electron chi connectivity index (χ3n) is 5.84. The van der Waals surface area contributed by atoms with Gasteiger partial charge in [-0.25, -0.2) is 0 Å². The van der Waals surface area contributed by atoms with E-state index in [4.69, 9.17) is 0 Å². The third kappa shape index (κ3) is 7.62. The van der Waals surface area contributed by atoms with Crippen molar-refractivity contribution in [3.63, 3.8) is 0 Å². The number of hydrogen-bond donors (Lipinski definition) is 1. The van der Waals surface area contributed by atoms with E-state index in [1.54, 1.807) is 24.4 Å². The second-order valence-electron chi connectivity index (χ2n) is 8.45. The number of anilines is 1. The topological polar surface area (TPSA) is 24.9 Å². The maximum Gasteiger partial charge on any atom is 0.417 e. The molecule has 0 radical (unpaired) electrons. The molecule has 0 saturated carbocycles. The van der Waals surface area contributed by atoms with Crippen LogP contribution in [0.5, 0.6) is 0 Å². The van der Waals surface area contributed by atoms with Gasteiger partial charge in [0.1, 0.15) is 0 Å². The van der Waals surface area contributed by atoms with Crippen LogP contribution in [-0.2, 0) is 6.18 Å². The lowest BCUT2D eigenvalue weighted by Gasteiger charge is -2.14. The smallest absolute Gasteiger partial charge is 0.385 e. The van der Waals surface area contributed by atoms with Gasteiger partial charge in [-0.2, -0.15) is 13.2 Å². The molecule has 1 N–H and O–H groups in total. The standard InChI is InChI=1S/C28H33F3N2/c1-2-3-4-5-6-7-8-11-19-32-24-17-16-23(26(21-24)28(29,30)31)15-14-22-18-20-33-27-13-10-9-12-25(22)27/h9-10,12-18,20-21,32H,2-8,11,19H2,1H3. The summed E-state index contributed by atoms with van der Waals surface area (Å²) in [6.45, 7) is 2.89. The molecule has 2 aromatic carbocycles. The van der Waals surface area contributed by atoms with E-state index in [1.807, 2.05) is 30.3 Å². The summed E-state index contributed by atoms with van der Waals surface area (Å²) in [7, 11) is 0. The first kappa shape index (κ1) is 24.8. The highest BCUT2D eigenvalue weighted by molar-refractivity contribution is 5.90. The van der Waals surface area contributed by atoms with Gasteiger partial charge < -0.3 is 5.32 Å². The zero-order valence-corrected chi connectivity index (χ0v) is 19.3. The van der Waals surface area contributed by atoms with Crippen molar-refractivity contribution in [3.8, 4) is 0 Å². The number of hydrogen-bond acceptors (Lipinski definition) is 2. The van der Waals surface area contributed by atoms with Gasteiger partial charge in [0.05, 0.1) is 11.1 Å². The van der Waals surface area contributed by atoms with E-state index in [0.29, 0.717) is 12.2 Å². The zero-order chi connectivity index (χ0) is 23.5. The molecule has 3 aromatic rings. The third-order valence-corrected chi connectivity index (χ3v) is 5.84. The molecule has 0 atom stereocenters. The summed E-state index contributed by atoms with van der Waals surface area (Å²) in [5.74, 6) is 0. The number of aromatic nitrogens is 1. The van der Waals surface area contributed by atoms with Crippen molar-refractivity contribution in [3.05, 3.63) is 71.4 Å². The number of nitrogens with zero attached hydrogens (tertiary/aromatic N) is 1. The molecule has 0 spiro atoms. The lowest BCUT2D eigenvalue weighted by atomic mass is 10.0. The Morgan fingerprint density at radius 3 is 2.27 bits per heavy atom. The number of pyridine rings is 1. The number of unbranched alkanes of at least 4 members (excludes halogenated alkanes) is 7. The number of rotatable bonds is 12. The molecule has 0 amide bonds. The summed E-state index contributed by atoms with van der Waals surface area (Å²) in [4.78, 5) is 4.31. The van der Waals surface area contributed by atoms with E-state index in [9.17, 15) is 13.2 Å². The van der Waals surface area contributed by atoms with Crippen molar-refractivity contribution in [1.82, 2.24) is 4.98 Å². The van der Waals surface area contributed by atoms with E-state index in [-0.39, 0.29) is 5.56 Å². The molecule has 176 valence electrons. The van der Waals surface area contributed by atoms with Crippen LogP contribution in [0.4, 0.5) is 18.9 Å². The number of halogens is 3. The minimum Gasteiger partial charge on any atom is -0.385 e. The van der Waals surface area contributed by atoms with E-state index < -0.39 is 11.7 Å². The second-order valence-corrected chi connectivity index (χ2v) is 8.45. The monoisotopic (exact) mass is 454 g/mol. The average molecular weight is 455 g/mol. The molecule has 0 aliphatic carbocycles. The van der Waals surface area contributed by atoms with Gasteiger partial charge in [-0.1, -0.05) is 88.3 Å². The Kier molecular flexibility index (Phi) is 9.35. The fraction of sp³-hybridized carbons (Fsp3) is 0.393. The molecule has 0 unspecified atom stereocenters. The van der Waals surface area contributed by atoms with Gasteiger partial charge in [0.25, 0.3) is 0 Å². The van der Waals surface area contributed by atoms with E-state index in [2.05, 4.69) is 17.2 Å². The van der Waals surface area contributed by atoms with E-state index >= 15 is 0 Å². The molecule has 0 fully saturated rings. The highest BCUT2D eigenvalue weighted by atomic mass is 19.4. The van der Waals surface area contributed by atoms with Gasteiger partial charge >= 0.3 is 6.18 Å². The highest BCUT2D eigenvalue weighted by Gasteiger charge is 2.33. The zero-order valence-electron chi connectivity index (χ0n) is 19.3. The Bertz CT molecular complexity index is 1040. The second kappa shape index (κ2) is 12.4. The predicted octanol–water partition coefficient (Wildman–Crippen LogP) is 8.98. The quantitative estimate of drug-likeness (QED) is 0.276. The van der Waals surface area contributed by atoms with Crippen molar-refractivity contribution in [2.75, 3.05) is 11.9 Å². The SMILES string of the molecule is CCCCCCCCCCNc1ccc(C=Cc2ccnc3ccccc23)c(C(F)(F)F)c1. The Labute approximate surface area is 194 Å². The first-order valence-electron chi connectivity index (χ1n) is 12.0. The van der Waals surface area contributed by atoms with Crippen molar-refractivity contribution in [2.24, 2.45) is 0 Å². The maximum absolute atomic E-state index is 13.8. The van der Waals surface area contributed by atoms with Gasteiger partial charge in [0, 0.05) is 23.8 Å². The molecule has 1 aromatic heterocycles. The lowest BCUT2D eigenvalue weighted by molar-refractivity contribution is -0.137. The van der Waals surface area contributed by atoms with Crippen molar-refractivity contribution in [2.45, 2.75) is 64.5 Å². The summed E-state index contributed by atoms with van der Waals surface area (Å²) in [6.07, 6.45) is 10.1. The van der Waals surface area contributed by atoms with Crippen LogP contribution in [0, 0.1) is 0 Å². The Morgan fingerprint density at radius 2 is 1.52 bits per heavy atom. The fourth-order valence-corrected chi connectivity index (χ4v) is 3.99. The minimum absolute atomic E-state index is 0.154. The van der Waals surface area contributed by atoms with Gasteiger partial charge in [0.2, 0.25) is 0 Å². The minimum atomic E-state index is -4.42. The molecule has 2 nitrogen and oxygen atoms in total. The van der Waals surface area contributed by atoms with Gasteiger partial charge in [-0.3, -0.25) is 4.98 Å². The summed E-state index contributed by atoms with van der Waals surface area (Å²) in [5, 5.41) is 4.07. The van der Waals surface area contributed by atoms with Gasteiger partial charge in [0.15, 0.2) is 0 Å². The van der Waals surface area contributed by atoms with Crippen LogP contribution in [0.3, 0.4) is 0 Å².